The normalized spacial score (nSPS) is 18.6. The van der Waals surface area contributed by atoms with Gasteiger partial charge in [0.1, 0.15) is 12.1 Å². The number of aromatic amines is 1. The maximum absolute atomic E-state index is 11.3. The summed E-state index contributed by atoms with van der Waals surface area (Å²) in [7, 11) is 0. The van der Waals surface area contributed by atoms with Gasteiger partial charge in [0.2, 0.25) is 0 Å². The van der Waals surface area contributed by atoms with Gasteiger partial charge < -0.3 is 5.32 Å². The number of anilines is 1. The van der Waals surface area contributed by atoms with Gasteiger partial charge in [0.05, 0.1) is 0 Å². The van der Waals surface area contributed by atoms with Crippen molar-refractivity contribution in [1.82, 2.24) is 19.6 Å². The molecule has 2 aromatic heterocycles. The highest BCUT2D eigenvalue weighted by molar-refractivity contribution is 5.49. The van der Waals surface area contributed by atoms with Crippen molar-refractivity contribution < 1.29 is 0 Å². The van der Waals surface area contributed by atoms with E-state index in [0.717, 1.165) is 18.7 Å². The molecule has 17 heavy (non-hydrogen) atoms. The Bertz CT molecular complexity index is 593. The molecule has 0 amide bonds. The van der Waals surface area contributed by atoms with Crippen molar-refractivity contribution in [3.05, 3.63) is 22.9 Å². The number of rotatable bonds is 2. The van der Waals surface area contributed by atoms with Crippen molar-refractivity contribution >= 4 is 11.5 Å². The van der Waals surface area contributed by atoms with E-state index in [1.807, 2.05) is 0 Å². The predicted octanol–water partition coefficient (Wildman–Crippen LogP) is 1.16. The van der Waals surface area contributed by atoms with Crippen LogP contribution in [0, 0.1) is 0 Å². The van der Waals surface area contributed by atoms with E-state index in [1.54, 1.807) is 6.07 Å². The molecule has 2 aromatic rings. The maximum atomic E-state index is 11.3. The fourth-order valence-corrected chi connectivity index (χ4v) is 2.47. The molecule has 1 aliphatic carbocycles. The van der Waals surface area contributed by atoms with Gasteiger partial charge in [-0.2, -0.15) is 5.10 Å². The van der Waals surface area contributed by atoms with E-state index in [0.29, 0.717) is 5.65 Å². The molecule has 90 valence electrons. The van der Waals surface area contributed by atoms with E-state index in [-0.39, 0.29) is 11.2 Å². The number of H-pyrrole nitrogens is 1. The van der Waals surface area contributed by atoms with Gasteiger partial charge in [-0.05, 0) is 19.8 Å². The topological polar surface area (TPSA) is 75.1 Å². The molecule has 3 rings (SSSR count). The van der Waals surface area contributed by atoms with E-state index < -0.39 is 0 Å². The summed E-state index contributed by atoms with van der Waals surface area (Å²) in [5, 5.41) is 9.76. The van der Waals surface area contributed by atoms with Crippen molar-refractivity contribution in [3.8, 4) is 0 Å². The summed E-state index contributed by atoms with van der Waals surface area (Å²) in [6, 6.07) is 1.79. The molecule has 0 radical (unpaired) electrons. The molecule has 2 N–H and O–H groups in total. The Kier molecular flexibility index (Phi) is 2.17. The Labute approximate surface area is 98.1 Å². The molecule has 0 saturated heterocycles. The lowest BCUT2D eigenvalue weighted by Crippen LogP contribution is -2.31. The van der Waals surface area contributed by atoms with Gasteiger partial charge in [-0.1, -0.05) is 12.8 Å². The van der Waals surface area contributed by atoms with Crippen molar-refractivity contribution in [2.24, 2.45) is 0 Å². The van der Waals surface area contributed by atoms with Gasteiger partial charge in [0, 0.05) is 11.6 Å². The number of aromatic nitrogens is 4. The average molecular weight is 233 g/mol. The third-order valence-corrected chi connectivity index (χ3v) is 3.45. The highest BCUT2D eigenvalue weighted by Gasteiger charge is 2.28. The molecule has 2 heterocycles. The number of fused-ring (bicyclic) bond motifs is 1. The Morgan fingerprint density at radius 2 is 2.24 bits per heavy atom. The van der Waals surface area contributed by atoms with E-state index in [4.69, 9.17) is 0 Å². The first-order chi connectivity index (χ1) is 8.16. The van der Waals surface area contributed by atoms with Crippen LogP contribution < -0.4 is 11.0 Å². The van der Waals surface area contributed by atoms with E-state index in [9.17, 15) is 4.79 Å². The van der Waals surface area contributed by atoms with Crippen LogP contribution in [0.15, 0.2) is 17.2 Å². The lowest BCUT2D eigenvalue weighted by molar-refractivity contribution is 0.531. The largest absolute Gasteiger partial charge is 0.365 e. The Morgan fingerprint density at radius 3 is 3.00 bits per heavy atom. The lowest BCUT2D eigenvalue weighted by atomic mass is 10.0. The molecule has 0 bridgehead atoms. The molecule has 1 aliphatic rings. The molecule has 0 aromatic carbocycles. The van der Waals surface area contributed by atoms with Crippen LogP contribution in [0.3, 0.4) is 0 Å². The smallest absolute Gasteiger partial charge is 0.348 e. The molecular formula is C11H15N5O. The summed E-state index contributed by atoms with van der Waals surface area (Å²) in [5.74, 6) is 0.779. The highest BCUT2D eigenvalue weighted by Crippen LogP contribution is 2.31. The average Bonchev–Trinajstić information content (AvgIpc) is 2.87. The third kappa shape index (κ3) is 1.79. The van der Waals surface area contributed by atoms with Crippen LogP contribution in [0.2, 0.25) is 0 Å². The number of nitrogens with one attached hydrogen (secondary N) is 2. The molecule has 1 fully saturated rings. The van der Waals surface area contributed by atoms with E-state index >= 15 is 0 Å². The summed E-state index contributed by atoms with van der Waals surface area (Å²) in [6.45, 7) is 2.21. The van der Waals surface area contributed by atoms with Crippen molar-refractivity contribution in [2.45, 2.75) is 38.1 Å². The summed E-state index contributed by atoms with van der Waals surface area (Å²) in [5.41, 5.74) is 0.460. The Balaban J connectivity index is 1.93. The zero-order chi connectivity index (χ0) is 11.9. The molecule has 6 heteroatoms. The van der Waals surface area contributed by atoms with Gasteiger partial charge in [0.25, 0.3) is 0 Å². The zero-order valence-electron chi connectivity index (χ0n) is 9.73. The van der Waals surface area contributed by atoms with Crippen LogP contribution in [0.1, 0.15) is 32.6 Å². The third-order valence-electron chi connectivity index (χ3n) is 3.45. The number of hydrogen-bond acceptors (Lipinski definition) is 4. The summed E-state index contributed by atoms with van der Waals surface area (Å²) in [6.07, 6.45) is 6.34. The van der Waals surface area contributed by atoms with Crippen molar-refractivity contribution in [3.63, 3.8) is 0 Å². The molecule has 0 spiro atoms. The quantitative estimate of drug-likeness (QED) is 0.816. The monoisotopic (exact) mass is 233 g/mol. The molecular weight excluding hydrogens is 218 g/mol. The van der Waals surface area contributed by atoms with Crippen molar-refractivity contribution in [2.75, 3.05) is 5.32 Å². The second-order valence-corrected chi connectivity index (χ2v) is 4.92. The summed E-state index contributed by atoms with van der Waals surface area (Å²) in [4.78, 5) is 15.5. The number of nitrogens with zero attached hydrogens (tertiary/aromatic N) is 3. The molecule has 1 saturated carbocycles. The summed E-state index contributed by atoms with van der Waals surface area (Å²) < 4.78 is 1.39. The van der Waals surface area contributed by atoms with Crippen LogP contribution >= 0.6 is 0 Å². The van der Waals surface area contributed by atoms with Crippen LogP contribution in [0.25, 0.3) is 5.65 Å². The highest BCUT2D eigenvalue weighted by atomic mass is 16.1. The van der Waals surface area contributed by atoms with Gasteiger partial charge >= 0.3 is 5.69 Å². The van der Waals surface area contributed by atoms with E-state index in [2.05, 4.69) is 27.4 Å². The minimum Gasteiger partial charge on any atom is -0.365 e. The molecule has 0 aliphatic heterocycles. The minimum atomic E-state index is -0.258. The van der Waals surface area contributed by atoms with Gasteiger partial charge in [0.15, 0.2) is 5.65 Å². The first kappa shape index (κ1) is 10.3. The van der Waals surface area contributed by atoms with E-state index in [1.165, 1.54) is 23.6 Å². The zero-order valence-corrected chi connectivity index (χ0v) is 9.73. The Morgan fingerprint density at radius 1 is 1.47 bits per heavy atom. The fourth-order valence-electron chi connectivity index (χ4n) is 2.47. The van der Waals surface area contributed by atoms with Crippen molar-refractivity contribution in [1.29, 1.82) is 0 Å². The second-order valence-electron chi connectivity index (χ2n) is 4.92. The van der Waals surface area contributed by atoms with Crippen LogP contribution in [0.5, 0.6) is 0 Å². The standard InChI is InChI=1S/C11H15N5O/c1-11(4-2-3-5-11)13-8-6-9-14-15-10(17)16(9)7-12-8/h6-7,13H,2-5H2,1H3,(H,15,17). The molecule has 0 unspecified atom stereocenters. The first-order valence-corrected chi connectivity index (χ1v) is 5.87. The van der Waals surface area contributed by atoms with Crippen LogP contribution in [-0.4, -0.2) is 25.1 Å². The lowest BCUT2D eigenvalue weighted by Gasteiger charge is -2.25. The SMILES string of the molecule is CC1(Nc2cc3n[nH]c(=O)n3cn2)CCCC1. The fraction of sp³-hybridized carbons (Fsp3) is 0.545. The molecule has 0 atom stereocenters. The van der Waals surface area contributed by atoms with Gasteiger partial charge in [-0.15, -0.1) is 0 Å². The predicted molar refractivity (Wildman–Crippen MR) is 64.1 cm³/mol. The van der Waals surface area contributed by atoms with Crippen LogP contribution in [0.4, 0.5) is 5.82 Å². The van der Waals surface area contributed by atoms with Crippen LogP contribution in [-0.2, 0) is 0 Å². The molecule has 6 nitrogen and oxygen atoms in total. The van der Waals surface area contributed by atoms with Gasteiger partial charge in [-0.25, -0.2) is 19.3 Å². The second kappa shape index (κ2) is 3.58. The summed E-state index contributed by atoms with van der Waals surface area (Å²) >= 11 is 0. The minimum absolute atomic E-state index is 0.127. The Hall–Kier alpha value is -1.85. The van der Waals surface area contributed by atoms with Gasteiger partial charge in [-0.3, -0.25) is 0 Å². The maximum Gasteiger partial charge on any atom is 0.348 e. The first-order valence-electron chi connectivity index (χ1n) is 5.87. The number of hydrogen-bond donors (Lipinski definition) is 2.